The van der Waals surface area contributed by atoms with Crippen LogP contribution in [-0.2, 0) is 13.0 Å². The fraction of sp³-hybridized carbons (Fsp3) is 0.240. The van der Waals surface area contributed by atoms with E-state index in [-0.39, 0.29) is 17.7 Å². The van der Waals surface area contributed by atoms with E-state index in [0.717, 1.165) is 18.7 Å². The number of hydrogen-bond donors (Lipinski definition) is 2. The highest BCUT2D eigenvalue weighted by atomic mass is 16.3. The Bertz CT molecular complexity index is 1060. The number of benzene rings is 2. The van der Waals surface area contributed by atoms with Gasteiger partial charge in [-0.25, -0.2) is 4.98 Å². The highest BCUT2D eigenvalue weighted by Gasteiger charge is 2.40. The average Bonchev–Trinajstić information content (AvgIpc) is 3.20. The van der Waals surface area contributed by atoms with Gasteiger partial charge >= 0.3 is 0 Å². The summed E-state index contributed by atoms with van der Waals surface area (Å²) in [6, 6.07) is 21.0. The average molecular weight is 399 g/mol. The van der Waals surface area contributed by atoms with Crippen LogP contribution in [0.3, 0.4) is 0 Å². The van der Waals surface area contributed by atoms with Crippen LogP contribution in [0.15, 0.2) is 84.9 Å². The van der Waals surface area contributed by atoms with Gasteiger partial charge in [0.2, 0.25) is 0 Å². The van der Waals surface area contributed by atoms with Crippen LogP contribution in [0, 0.1) is 0 Å². The van der Waals surface area contributed by atoms with E-state index in [0.29, 0.717) is 11.5 Å². The quantitative estimate of drug-likeness (QED) is 0.694. The summed E-state index contributed by atoms with van der Waals surface area (Å²) < 4.78 is 2.19. The van der Waals surface area contributed by atoms with Crippen molar-refractivity contribution in [3.63, 3.8) is 0 Å². The molecule has 152 valence electrons. The third kappa shape index (κ3) is 2.94. The van der Waals surface area contributed by atoms with Crippen LogP contribution in [-0.4, -0.2) is 36.8 Å². The van der Waals surface area contributed by atoms with Gasteiger partial charge in [0.1, 0.15) is 11.8 Å². The number of rotatable bonds is 4. The standard InChI is InChI=1S/C25H25N3O2/c1-2-19-15-26-25-23-24(30)21(29)13-14-27(23)20(16-28(19)25)22(17-9-5-3-6-10-17)18-11-7-4-8-12-18/h3-15,20-22,29-30H,2,16H2,1H3/t20-,21?/m1/s1. The second-order valence-corrected chi connectivity index (χ2v) is 7.83. The van der Waals surface area contributed by atoms with Gasteiger partial charge in [-0.15, -0.1) is 0 Å². The van der Waals surface area contributed by atoms with Crippen LogP contribution in [0.25, 0.3) is 5.70 Å². The van der Waals surface area contributed by atoms with E-state index in [4.69, 9.17) is 0 Å². The topological polar surface area (TPSA) is 61.5 Å². The molecule has 5 rings (SSSR count). The van der Waals surface area contributed by atoms with Crippen LogP contribution < -0.4 is 0 Å². The fourth-order valence-corrected chi connectivity index (χ4v) is 4.70. The van der Waals surface area contributed by atoms with Crippen molar-refractivity contribution in [3.8, 4) is 0 Å². The molecular formula is C25H25N3O2. The van der Waals surface area contributed by atoms with Crippen LogP contribution in [0.4, 0.5) is 0 Å². The lowest BCUT2D eigenvalue weighted by molar-refractivity contribution is 0.172. The van der Waals surface area contributed by atoms with Gasteiger partial charge in [-0.05, 0) is 23.6 Å². The molecule has 1 aromatic heterocycles. The highest BCUT2D eigenvalue weighted by Crippen LogP contribution is 2.41. The third-order valence-electron chi connectivity index (χ3n) is 6.15. The molecule has 2 atom stereocenters. The molecule has 0 fully saturated rings. The monoisotopic (exact) mass is 399 g/mol. The molecular weight excluding hydrogens is 374 g/mol. The number of aliphatic hydroxyl groups is 2. The zero-order chi connectivity index (χ0) is 20.7. The van der Waals surface area contributed by atoms with Gasteiger partial charge in [-0.2, -0.15) is 0 Å². The van der Waals surface area contributed by atoms with Crippen molar-refractivity contribution in [2.75, 3.05) is 0 Å². The van der Waals surface area contributed by atoms with E-state index in [1.165, 1.54) is 11.1 Å². The van der Waals surface area contributed by atoms with Crippen LogP contribution in [0.1, 0.15) is 35.5 Å². The lowest BCUT2D eigenvalue weighted by Crippen LogP contribution is -2.46. The summed E-state index contributed by atoms with van der Waals surface area (Å²) in [7, 11) is 0. The van der Waals surface area contributed by atoms with Gasteiger partial charge in [-0.3, -0.25) is 0 Å². The number of aliphatic hydroxyl groups excluding tert-OH is 2. The molecule has 2 aliphatic rings. The van der Waals surface area contributed by atoms with Crippen LogP contribution in [0.2, 0.25) is 0 Å². The molecule has 3 aromatic rings. The second-order valence-electron chi connectivity index (χ2n) is 7.83. The van der Waals surface area contributed by atoms with Gasteiger partial charge in [0, 0.05) is 30.6 Å². The van der Waals surface area contributed by atoms with Crippen LogP contribution in [0.5, 0.6) is 0 Å². The minimum Gasteiger partial charge on any atom is -0.507 e. The second kappa shape index (κ2) is 7.50. The first kappa shape index (κ1) is 18.7. The van der Waals surface area contributed by atoms with E-state index in [1.54, 1.807) is 6.08 Å². The molecule has 2 aromatic carbocycles. The molecule has 0 bridgehead atoms. The fourth-order valence-electron chi connectivity index (χ4n) is 4.70. The van der Waals surface area contributed by atoms with Gasteiger partial charge in [-0.1, -0.05) is 67.6 Å². The first-order valence-corrected chi connectivity index (χ1v) is 10.4. The Kier molecular flexibility index (Phi) is 4.68. The van der Waals surface area contributed by atoms with Crippen molar-refractivity contribution in [1.82, 2.24) is 14.5 Å². The SMILES string of the molecule is CCc1cnc2n1C[C@H](C(c1ccccc1)c1ccccc1)N1C=CC(O)C(O)=C21. The van der Waals surface area contributed by atoms with E-state index < -0.39 is 6.10 Å². The Balaban J connectivity index is 1.71. The zero-order valence-electron chi connectivity index (χ0n) is 16.9. The largest absolute Gasteiger partial charge is 0.507 e. The zero-order valence-corrected chi connectivity index (χ0v) is 16.9. The molecule has 2 aliphatic heterocycles. The molecule has 3 heterocycles. The molecule has 5 heteroatoms. The van der Waals surface area contributed by atoms with E-state index in [1.807, 2.05) is 24.5 Å². The summed E-state index contributed by atoms with van der Waals surface area (Å²) in [5.74, 6) is 0.746. The molecule has 0 spiro atoms. The predicted molar refractivity (Wildman–Crippen MR) is 117 cm³/mol. The number of aryl methyl sites for hydroxylation is 1. The molecule has 0 aliphatic carbocycles. The third-order valence-corrected chi connectivity index (χ3v) is 6.15. The Hall–Kier alpha value is -3.31. The summed E-state index contributed by atoms with van der Waals surface area (Å²) in [5.41, 5.74) is 4.15. The maximum Gasteiger partial charge on any atom is 0.160 e. The predicted octanol–water partition coefficient (Wildman–Crippen LogP) is 4.08. The Morgan fingerprint density at radius 2 is 1.67 bits per heavy atom. The lowest BCUT2D eigenvalue weighted by Gasteiger charge is -2.44. The van der Waals surface area contributed by atoms with Crippen molar-refractivity contribution in [2.24, 2.45) is 0 Å². The maximum atomic E-state index is 10.8. The van der Waals surface area contributed by atoms with Crippen molar-refractivity contribution < 1.29 is 10.2 Å². The van der Waals surface area contributed by atoms with Crippen molar-refractivity contribution in [2.45, 2.75) is 38.0 Å². The van der Waals surface area contributed by atoms with Crippen molar-refractivity contribution >= 4 is 5.70 Å². The van der Waals surface area contributed by atoms with Gasteiger partial charge in [0.25, 0.3) is 0 Å². The lowest BCUT2D eigenvalue weighted by atomic mass is 9.82. The number of fused-ring (bicyclic) bond motifs is 3. The van der Waals surface area contributed by atoms with Gasteiger partial charge < -0.3 is 19.7 Å². The van der Waals surface area contributed by atoms with Gasteiger partial charge in [0.15, 0.2) is 11.6 Å². The molecule has 2 N–H and O–H groups in total. The van der Waals surface area contributed by atoms with Gasteiger partial charge in [0.05, 0.1) is 6.04 Å². The number of nitrogens with zero attached hydrogens (tertiary/aromatic N) is 3. The summed E-state index contributed by atoms with van der Waals surface area (Å²) in [5, 5.41) is 21.1. The summed E-state index contributed by atoms with van der Waals surface area (Å²) in [6.07, 6.45) is 5.25. The summed E-state index contributed by atoms with van der Waals surface area (Å²) >= 11 is 0. The highest BCUT2D eigenvalue weighted by molar-refractivity contribution is 5.67. The minimum atomic E-state index is -1.02. The van der Waals surface area contributed by atoms with Crippen molar-refractivity contribution in [3.05, 3.63) is 108 Å². The molecule has 0 amide bonds. The van der Waals surface area contributed by atoms with E-state index in [9.17, 15) is 10.2 Å². The first-order valence-electron chi connectivity index (χ1n) is 10.4. The first-order chi connectivity index (χ1) is 14.7. The molecule has 0 radical (unpaired) electrons. The molecule has 0 saturated carbocycles. The number of aromatic nitrogens is 2. The minimum absolute atomic E-state index is 0.0164. The molecule has 0 saturated heterocycles. The Morgan fingerprint density at radius 3 is 2.27 bits per heavy atom. The Morgan fingerprint density at radius 1 is 1.03 bits per heavy atom. The molecule has 5 nitrogen and oxygen atoms in total. The summed E-state index contributed by atoms with van der Waals surface area (Å²) in [6.45, 7) is 2.85. The summed E-state index contributed by atoms with van der Waals surface area (Å²) in [4.78, 5) is 6.69. The normalized spacial score (nSPS) is 20.4. The number of hydrogen-bond acceptors (Lipinski definition) is 4. The van der Waals surface area contributed by atoms with E-state index >= 15 is 0 Å². The Labute approximate surface area is 176 Å². The maximum absolute atomic E-state index is 10.8. The molecule has 30 heavy (non-hydrogen) atoms. The van der Waals surface area contributed by atoms with Crippen molar-refractivity contribution in [1.29, 1.82) is 0 Å². The molecule has 1 unspecified atom stereocenters. The van der Waals surface area contributed by atoms with E-state index in [2.05, 4.69) is 69.9 Å². The van der Waals surface area contributed by atoms with Crippen LogP contribution >= 0.6 is 0 Å². The number of imidazole rings is 1. The smallest absolute Gasteiger partial charge is 0.160 e.